The number of halogens is 2. The highest BCUT2D eigenvalue weighted by Crippen LogP contribution is 2.22. The normalized spacial score (nSPS) is 12.4. The molecule has 1 aromatic carbocycles. The van der Waals surface area contributed by atoms with Crippen molar-refractivity contribution in [1.82, 2.24) is 10.3 Å². The van der Waals surface area contributed by atoms with E-state index in [2.05, 4.69) is 10.3 Å². The molecular weight excluding hydrogens is 246 g/mol. The largest absolute Gasteiger partial charge is 0.305 e. The molecule has 0 amide bonds. The Morgan fingerprint density at radius 1 is 1.16 bits per heavy atom. The first-order chi connectivity index (χ1) is 9.10. The molecule has 1 heterocycles. The second-order valence-electron chi connectivity index (χ2n) is 4.45. The highest BCUT2D eigenvalue weighted by molar-refractivity contribution is 5.31. The molecule has 0 aliphatic rings. The molecule has 0 saturated carbocycles. The Kier molecular flexibility index (Phi) is 4.22. The van der Waals surface area contributed by atoms with Crippen LogP contribution in [0.1, 0.15) is 29.8 Å². The topological polar surface area (TPSA) is 24.9 Å². The SMILES string of the molecule is CCNC(c1cc(C)cc(F)c1)c1ccc(F)cn1. The molecule has 2 aromatic rings. The summed E-state index contributed by atoms with van der Waals surface area (Å²) in [6, 6.07) is 7.60. The number of pyridine rings is 1. The van der Waals surface area contributed by atoms with Crippen LogP contribution in [0, 0.1) is 18.6 Å². The lowest BCUT2D eigenvalue weighted by Crippen LogP contribution is -2.23. The van der Waals surface area contributed by atoms with Gasteiger partial charge in [-0.3, -0.25) is 4.98 Å². The third kappa shape index (κ3) is 3.35. The number of nitrogens with one attached hydrogen (secondary N) is 1. The Balaban J connectivity index is 2.41. The lowest BCUT2D eigenvalue weighted by molar-refractivity contribution is 0.584. The van der Waals surface area contributed by atoms with E-state index < -0.39 is 0 Å². The molecule has 0 radical (unpaired) electrons. The molecule has 0 fully saturated rings. The first-order valence-electron chi connectivity index (χ1n) is 6.22. The van der Waals surface area contributed by atoms with Gasteiger partial charge in [0.15, 0.2) is 0 Å². The lowest BCUT2D eigenvalue weighted by atomic mass is 10.0. The fraction of sp³-hybridized carbons (Fsp3) is 0.267. The zero-order valence-corrected chi connectivity index (χ0v) is 11.0. The summed E-state index contributed by atoms with van der Waals surface area (Å²) in [5.74, 6) is -0.658. The molecule has 2 nitrogen and oxygen atoms in total. The first kappa shape index (κ1) is 13.6. The Morgan fingerprint density at radius 3 is 2.53 bits per heavy atom. The van der Waals surface area contributed by atoms with Crippen LogP contribution in [-0.4, -0.2) is 11.5 Å². The number of hydrogen-bond donors (Lipinski definition) is 1. The molecule has 0 spiro atoms. The van der Waals surface area contributed by atoms with Gasteiger partial charge in [-0.05, 0) is 48.9 Å². The Bertz CT molecular complexity index is 532. The average Bonchev–Trinajstić information content (AvgIpc) is 2.36. The maximum atomic E-state index is 13.5. The second-order valence-corrected chi connectivity index (χ2v) is 4.45. The zero-order valence-electron chi connectivity index (χ0n) is 11.0. The van der Waals surface area contributed by atoms with Crippen molar-refractivity contribution in [2.24, 2.45) is 0 Å². The maximum absolute atomic E-state index is 13.5. The fourth-order valence-electron chi connectivity index (χ4n) is 2.09. The molecule has 4 heteroatoms. The highest BCUT2D eigenvalue weighted by Gasteiger charge is 2.15. The molecule has 2 rings (SSSR count). The summed E-state index contributed by atoms with van der Waals surface area (Å²) >= 11 is 0. The van der Waals surface area contributed by atoms with Gasteiger partial charge in [-0.15, -0.1) is 0 Å². The Labute approximate surface area is 111 Å². The number of benzene rings is 1. The van der Waals surface area contributed by atoms with Gasteiger partial charge in [0.2, 0.25) is 0 Å². The standard InChI is InChI=1S/C15H16F2N2/c1-3-18-15(14-5-4-12(16)9-19-14)11-6-10(2)7-13(17)8-11/h4-9,15,18H,3H2,1-2H3. The van der Waals surface area contributed by atoms with E-state index in [0.29, 0.717) is 12.2 Å². The third-order valence-corrected chi connectivity index (χ3v) is 2.85. The number of rotatable bonds is 4. The smallest absolute Gasteiger partial charge is 0.141 e. The molecule has 19 heavy (non-hydrogen) atoms. The zero-order chi connectivity index (χ0) is 13.8. The molecule has 100 valence electrons. The number of hydrogen-bond acceptors (Lipinski definition) is 2. The molecular formula is C15H16F2N2. The van der Waals surface area contributed by atoms with Crippen LogP contribution in [0.15, 0.2) is 36.5 Å². The minimum atomic E-state index is -0.380. The van der Waals surface area contributed by atoms with Gasteiger partial charge in [-0.25, -0.2) is 8.78 Å². The lowest BCUT2D eigenvalue weighted by Gasteiger charge is -2.18. The van der Waals surface area contributed by atoms with Crippen LogP contribution in [0.25, 0.3) is 0 Å². The van der Waals surface area contributed by atoms with Crippen molar-refractivity contribution in [3.05, 3.63) is 65.0 Å². The van der Waals surface area contributed by atoms with E-state index in [9.17, 15) is 8.78 Å². The van der Waals surface area contributed by atoms with Gasteiger partial charge in [0, 0.05) is 0 Å². The summed E-state index contributed by atoms with van der Waals surface area (Å²) in [5, 5.41) is 3.24. The summed E-state index contributed by atoms with van der Waals surface area (Å²) in [6.45, 7) is 4.51. The fourth-order valence-corrected chi connectivity index (χ4v) is 2.09. The van der Waals surface area contributed by atoms with E-state index in [0.717, 1.165) is 11.1 Å². The van der Waals surface area contributed by atoms with E-state index in [1.54, 1.807) is 6.07 Å². The van der Waals surface area contributed by atoms with Crippen molar-refractivity contribution in [2.75, 3.05) is 6.54 Å². The number of nitrogens with zero attached hydrogens (tertiary/aromatic N) is 1. The first-order valence-corrected chi connectivity index (χ1v) is 6.22. The summed E-state index contributed by atoms with van der Waals surface area (Å²) in [6.07, 6.45) is 1.17. The van der Waals surface area contributed by atoms with Gasteiger partial charge >= 0.3 is 0 Å². The molecule has 0 saturated heterocycles. The summed E-state index contributed by atoms with van der Waals surface area (Å²) in [4.78, 5) is 4.07. The van der Waals surface area contributed by atoms with Gasteiger partial charge in [-0.2, -0.15) is 0 Å². The monoisotopic (exact) mass is 262 g/mol. The molecule has 0 aliphatic heterocycles. The molecule has 1 unspecified atom stereocenters. The van der Waals surface area contributed by atoms with Crippen LogP contribution in [0.4, 0.5) is 8.78 Å². The summed E-state index contributed by atoms with van der Waals surface area (Å²) in [5.41, 5.74) is 2.31. The minimum absolute atomic E-state index is 0.236. The predicted octanol–water partition coefficient (Wildman–Crippen LogP) is 3.37. The average molecular weight is 262 g/mol. The predicted molar refractivity (Wildman–Crippen MR) is 70.9 cm³/mol. The number of aryl methyl sites for hydroxylation is 1. The Hall–Kier alpha value is -1.81. The van der Waals surface area contributed by atoms with E-state index in [1.807, 2.05) is 19.9 Å². The van der Waals surface area contributed by atoms with Crippen molar-refractivity contribution in [3.63, 3.8) is 0 Å². The quantitative estimate of drug-likeness (QED) is 0.913. The van der Waals surface area contributed by atoms with Crippen molar-refractivity contribution in [2.45, 2.75) is 19.9 Å². The van der Waals surface area contributed by atoms with E-state index in [1.165, 1.54) is 24.4 Å². The van der Waals surface area contributed by atoms with Crippen molar-refractivity contribution in [1.29, 1.82) is 0 Å². The summed E-state index contributed by atoms with van der Waals surface area (Å²) in [7, 11) is 0. The van der Waals surface area contributed by atoms with Gasteiger partial charge in [-0.1, -0.05) is 13.0 Å². The van der Waals surface area contributed by atoms with Gasteiger partial charge < -0.3 is 5.32 Å². The minimum Gasteiger partial charge on any atom is -0.305 e. The number of aromatic nitrogens is 1. The van der Waals surface area contributed by atoms with Crippen LogP contribution in [0.3, 0.4) is 0 Å². The van der Waals surface area contributed by atoms with Crippen LogP contribution in [0.2, 0.25) is 0 Å². The van der Waals surface area contributed by atoms with Crippen molar-refractivity contribution < 1.29 is 8.78 Å². The summed E-state index contributed by atoms with van der Waals surface area (Å²) < 4.78 is 26.4. The van der Waals surface area contributed by atoms with Crippen LogP contribution in [0.5, 0.6) is 0 Å². The second kappa shape index (κ2) is 5.89. The van der Waals surface area contributed by atoms with Crippen LogP contribution >= 0.6 is 0 Å². The molecule has 1 atom stereocenters. The van der Waals surface area contributed by atoms with Crippen LogP contribution < -0.4 is 5.32 Å². The molecule has 1 N–H and O–H groups in total. The van der Waals surface area contributed by atoms with E-state index >= 15 is 0 Å². The van der Waals surface area contributed by atoms with E-state index in [-0.39, 0.29) is 17.7 Å². The third-order valence-electron chi connectivity index (χ3n) is 2.85. The van der Waals surface area contributed by atoms with Crippen LogP contribution in [-0.2, 0) is 0 Å². The molecule has 1 aromatic heterocycles. The van der Waals surface area contributed by atoms with Crippen molar-refractivity contribution >= 4 is 0 Å². The van der Waals surface area contributed by atoms with Gasteiger partial charge in [0.1, 0.15) is 11.6 Å². The van der Waals surface area contributed by atoms with Gasteiger partial charge in [0.05, 0.1) is 17.9 Å². The molecule has 0 bridgehead atoms. The Morgan fingerprint density at radius 2 is 1.95 bits per heavy atom. The van der Waals surface area contributed by atoms with Crippen molar-refractivity contribution in [3.8, 4) is 0 Å². The van der Waals surface area contributed by atoms with E-state index in [4.69, 9.17) is 0 Å². The highest BCUT2D eigenvalue weighted by atomic mass is 19.1. The van der Waals surface area contributed by atoms with Gasteiger partial charge in [0.25, 0.3) is 0 Å². The maximum Gasteiger partial charge on any atom is 0.141 e. The molecule has 0 aliphatic carbocycles.